The van der Waals surface area contributed by atoms with Crippen molar-refractivity contribution in [3.05, 3.63) is 87.7 Å². The molecule has 1 aliphatic rings. The van der Waals surface area contributed by atoms with E-state index in [1.54, 1.807) is 24.3 Å². The first-order valence-electron chi connectivity index (χ1n) is 8.91. The molecule has 0 radical (unpaired) electrons. The van der Waals surface area contributed by atoms with Crippen LogP contribution in [0.1, 0.15) is 21.7 Å². The van der Waals surface area contributed by atoms with Gasteiger partial charge in [0.25, 0.3) is 5.91 Å². The molecule has 8 heteroatoms. The van der Waals surface area contributed by atoms with Gasteiger partial charge in [0.2, 0.25) is 0 Å². The number of urea groups is 1. The molecule has 7 nitrogen and oxygen atoms in total. The zero-order valence-electron chi connectivity index (χ0n) is 15.4. The molecule has 3 amide bonds. The lowest BCUT2D eigenvalue weighted by Crippen LogP contribution is -2.30. The number of carbonyl (C=O) groups excluding carboxylic acids is 3. The number of carbonyl (C=O) groups is 3. The number of benzene rings is 2. The number of imide groups is 1. The molecule has 2 heterocycles. The molecule has 1 fully saturated rings. The van der Waals surface area contributed by atoms with E-state index in [0.29, 0.717) is 17.1 Å². The number of carboxylic acids is 1. The molecule has 0 aliphatic carbocycles. The number of nitrogens with zero attached hydrogens (tertiary/aromatic N) is 1. The zero-order valence-corrected chi connectivity index (χ0v) is 17.0. The Bertz CT molecular complexity index is 1160. The third kappa shape index (κ3) is 4.04. The Hall–Kier alpha value is -3.65. The van der Waals surface area contributed by atoms with E-state index in [1.807, 2.05) is 24.3 Å². The monoisotopic (exact) mass is 465 g/mol. The highest BCUT2D eigenvalue weighted by Crippen LogP contribution is 2.25. The van der Waals surface area contributed by atoms with Crippen molar-refractivity contribution in [1.82, 2.24) is 10.2 Å². The van der Waals surface area contributed by atoms with E-state index in [0.717, 1.165) is 14.9 Å². The third-order valence-electron chi connectivity index (χ3n) is 4.53. The van der Waals surface area contributed by atoms with Crippen molar-refractivity contribution in [3.63, 3.8) is 0 Å². The maximum absolute atomic E-state index is 12.6. The van der Waals surface area contributed by atoms with E-state index in [1.165, 1.54) is 18.2 Å². The summed E-state index contributed by atoms with van der Waals surface area (Å²) in [6.45, 7) is 0.156. The minimum atomic E-state index is -1.26. The fraction of sp³-hybridized carbons (Fsp3) is 0.0455. The summed E-state index contributed by atoms with van der Waals surface area (Å²) in [5.41, 5.74) is 1.68. The first kappa shape index (κ1) is 19.7. The summed E-state index contributed by atoms with van der Waals surface area (Å²) in [5.74, 6) is -0.827. The molecule has 1 N–H and O–H groups in total. The van der Waals surface area contributed by atoms with E-state index in [-0.39, 0.29) is 17.8 Å². The maximum Gasteiger partial charge on any atom is 0.329 e. The van der Waals surface area contributed by atoms with Gasteiger partial charge in [0, 0.05) is 16.1 Å². The van der Waals surface area contributed by atoms with Gasteiger partial charge in [0.15, 0.2) is 0 Å². The molecule has 0 saturated carbocycles. The van der Waals surface area contributed by atoms with Crippen molar-refractivity contribution >= 4 is 39.9 Å². The molecule has 4 rings (SSSR count). The van der Waals surface area contributed by atoms with Crippen LogP contribution in [-0.4, -0.2) is 22.8 Å². The zero-order chi connectivity index (χ0) is 21.3. The van der Waals surface area contributed by atoms with Crippen LogP contribution in [0.2, 0.25) is 0 Å². The van der Waals surface area contributed by atoms with Crippen molar-refractivity contribution in [1.29, 1.82) is 0 Å². The highest BCUT2D eigenvalue weighted by Gasteiger charge is 2.33. The van der Waals surface area contributed by atoms with Crippen LogP contribution in [-0.2, 0) is 11.3 Å². The molecule has 3 aromatic rings. The number of aromatic carboxylic acids is 1. The minimum Gasteiger partial charge on any atom is -0.545 e. The Morgan fingerprint density at radius 2 is 1.73 bits per heavy atom. The maximum atomic E-state index is 12.6. The molecule has 0 atom stereocenters. The predicted octanol–water partition coefficient (Wildman–Crippen LogP) is 3.17. The SMILES string of the molecule is O=C([O-])c1ccc(-c2ccc(/C=C3/NC(=O)N(Cc4ccc(Br)cc4)C3=O)o2)cc1. The normalized spacial score (nSPS) is 15.0. The van der Waals surface area contributed by atoms with Crippen LogP contribution in [0.25, 0.3) is 17.4 Å². The summed E-state index contributed by atoms with van der Waals surface area (Å²) in [6, 6.07) is 16.2. The molecule has 2 aromatic carbocycles. The van der Waals surface area contributed by atoms with Crippen LogP contribution < -0.4 is 10.4 Å². The Balaban J connectivity index is 1.51. The van der Waals surface area contributed by atoms with Gasteiger partial charge in [-0.2, -0.15) is 0 Å². The highest BCUT2D eigenvalue weighted by atomic mass is 79.9. The van der Waals surface area contributed by atoms with E-state index in [4.69, 9.17) is 4.42 Å². The van der Waals surface area contributed by atoms with Gasteiger partial charge in [-0.05, 0) is 35.4 Å². The van der Waals surface area contributed by atoms with Gasteiger partial charge in [0.1, 0.15) is 17.2 Å². The van der Waals surface area contributed by atoms with Crippen molar-refractivity contribution in [2.24, 2.45) is 0 Å². The van der Waals surface area contributed by atoms with Gasteiger partial charge < -0.3 is 19.6 Å². The van der Waals surface area contributed by atoms with Crippen molar-refractivity contribution < 1.29 is 23.9 Å². The summed E-state index contributed by atoms with van der Waals surface area (Å²) >= 11 is 3.35. The van der Waals surface area contributed by atoms with Gasteiger partial charge in [-0.3, -0.25) is 9.69 Å². The highest BCUT2D eigenvalue weighted by molar-refractivity contribution is 9.10. The second-order valence-electron chi connectivity index (χ2n) is 6.57. The molecular weight excluding hydrogens is 452 g/mol. The number of hydrogen-bond donors (Lipinski definition) is 1. The first-order chi connectivity index (χ1) is 14.4. The summed E-state index contributed by atoms with van der Waals surface area (Å²) in [6.07, 6.45) is 1.46. The standard InChI is InChI=1S/C22H15BrN2O5/c23-16-7-1-13(2-8-16)12-25-20(26)18(24-22(25)29)11-17-9-10-19(30-17)14-3-5-15(6-4-14)21(27)28/h1-11H,12H2,(H,24,29)(H,27,28)/p-1/b18-11+. The molecule has 1 aromatic heterocycles. The van der Waals surface area contributed by atoms with Gasteiger partial charge in [-0.15, -0.1) is 0 Å². The van der Waals surface area contributed by atoms with E-state index < -0.39 is 17.9 Å². The molecule has 150 valence electrons. The summed E-state index contributed by atoms with van der Waals surface area (Å²) < 4.78 is 6.62. The predicted molar refractivity (Wildman–Crippen MR) is 110 cm³/mol. The quantitative estimate of drug-likeness (QED) is 0.460. The molecule has 30 heavy (non-hydrogen) atoms. The molecule has 0 spiro atoms. The minimum absolute atomic E-state index is 0.0674. The van der Waals surface area contributed by atoms with Gasteiger partial charge in [-0.1, -0.05) is 52.3 Å². The number of nitrogens with one attached hydrogen (secondary N) is 1. The smallest absolute Gasteiger partial charge is 0.329 e. The molecular formula is C22H14BrN2O5-. The average molecular weight is 466 g/mol. The lowest BCUT2D eigenvalue weighted by Gasteiger charge is -2.11. The Morgan fingerprint density at radius 1 is 1.03 bits per heavy atom. The second kappa shape index (κ2) is 8.00. The van der Waals surface area contributed by atoms with Crippen LogP contribution in [0.3, 0.4) is 0 Å². The van der Waals surface area contributed by atoms with Crippen LogP contribution in [0.15, 0.2) is 75.3 Å². The molecule has 1 aliphatic heterocycles. The van der Waals surface area contributed by atoms with Gasteiger partial charge >= 0.3 is 6.03 Å². The second-order valence-corrected chi connectivity index (χ2v) is 7.49. The van der Waals surface area contributed by atoms with Crippen LogP contribution in [0.4, 0.5) is 4.79 Å². The van der Waals surface area contributed by atoms with Gasteiger partial charge in [0.05, 0.1) is 12.5 Å². The average Bonchev–Trinajstić information content (AvgIpc) is 3.30. The van der Waals surface area contributed by atoms with E-state index in [9.17, 15) is 19.5 Å². The van der Waals surface area contributed by atoms with Crippen LogP contribution >= 0.6 is 15.9 Å². The number of furan rings is 1. The molecule has 0 bridgehead atoms. The summed E-state index contributed by atoms with van der Waals surface area (Å²) in [7, 11) is 0. The summed E-state index contributed by atoms with van der Waals surface area (Å²) in [5, 5.41) is 13.4. The number of amides is 3. The topological polar surface area (TPSA) is 103 Å². The van der Waals surface area contributed by atoms with Crippen molar-refractivity contribution in [2.75, 3.05) is 0 Å². The summed E-state index contributed by atoms with van der Waals surface area (Å²) in [4.78, 5) is 36.8. The van der Waals surface area contributed by atoms with Crippen LogP contribution in [0, 0.1) is 0 Å². The number of halogens is 1. The largest absolute Gasteiger partial charge is 0.545 e. The third-order valence-corrected chi connectivity index (χ3v) is 5.06. The lowest BCUT2D eigenvalue weighted by atomic mass is 10.1. The van der Waals surface area contributed by atoms with Crippen LogP contribution in [0.5, 0.6) is 0 Å². The Labute approximate surface area is 179 Å². The fourth-order valence-electron chi connectivity index (χ4n) is 2.99. The Morgan fingerprint density at radius 3 is 2.40 bits per heavy atom. The van der Waals surface area contributed by atoms with Crippen molar-refractivity contribution in [3.8, 4) is 11.3 Å². The first-order valence-corrected chi connectivity index (χ1v) is 9.70. The Kier molecular flexibility index (Phi) is 5.24. The van der Waals surface area contributed by atoms with E-state index in [2.05, 4.69) is 21.2 Å². The number of hydrogen-bond acceptors (Lipinski definition) is 5. The van der Waals surface area contributed by atoms with Crippen molar-refractivity contribution in [2.45, 2.75) is 6.54 Å². The molecule has 0 unspecified atom stereocenters. The number of carboxylic acid groups (broad SMARTS) is 1. The molecule has 1 saturated heterocycles. The van der Waals surface area contributed by atoms with Gasteiger partial charge in [-0.25, -0.2) is 4.79 Å². The number of rotatable bonds is 5. The fourth-order valence-corrected chi connectivity index (χ4v) is 3.25. The lowest BCUT2D eigenvalue weighted by molar-refractivity contribution is -0.255. The van der Waals surface area contributed by atoms with E-state index >= 15 is 0 Å².